The van der Waals surface area contributed by atoms with E-state index in [2.05, 4.69) is 29.9 Å². The van der Waals surface area contributed by atoms with E-state index in [9.17, 15) is 4.79 Å². The molecule has 2 fully saturated rings. The number of rotatable bonds is 4. The fourth-order valence-corrected chi connectivity index (χ4v) is 4.71. The smallest absolute Gasteiger partial charge is 0.253 e. The summed E-state index contributed by atoms with van der Waals surface area (Å²) in [6, 6.07) is 5.72. The second-order valence-corrected chi connectivity index (χ2v) is 8.52. The molecule has 3 aromatic heterocycles. The van der Waals surface area contributed by atoms with Crippen molar-refractivity contribution in [2.24, 2.45) is 18.9 Å². The van der Waals surface area contributed by atoms with Crippen LogP contribution in [0.15, 0.2) is 35.6 Å². The summed E-state index contributed by atoms with van der Waals surface area (Å²) >= 11 is 0. The number of aryl methyl sites for hydroxylation is 3. The number of likely N-dealkylation sites (tertiary alicyclic amines) is 1. The van der Waals surface area contributed by atoms with Crippen LogP contribution in [-0.2, 0) is 13.6 Å². The summed E-state index contributed by atoms with van der Waals surface area (Å²) < 4.78 is 3.37. The van der Waals surface area contributed by atoms with Gasteiger partial charge in [-0.2, -0.15) is 5.10 Å². The summed E-state index contributed by atoms with van der Waals surface area (Å²) in [4.78, 5) is 30.0. The van der Waals surface area contributed by atoms with E-state index in [4.69, 9.17) is 0 Å². The molecule has 0 aliphatic carbocycles. The van der Waals surface area contributed by atoms with Crippen molar-refractivity contribution in [1.82, 2.24) is 34.2 Å². The van der Waals surface area contributed by atoms with Crippen molar-refractivity contribution in [3.05, 3.63) is 58.3 Å². The molecule has 30 heavy (non-hydrogen) atoms. The molecular weight excluding hydrogens is 380 g/mol. The molecule has 0 N–H and O–H groups in total. The Hall–Kier alpha value is -3.07. The SMILES string of the molecule is Cc1cc(C)n(-c2cc(N3CC4CN(Cc5cc(=O)n(C)cn5)CC4C3)ncn2)n1. The minimum atomic E-state index is -0.00672. The highest BCUT2D eigenvalue weighted by Crippen LogP contribution is 2.34. The molecule has 0 radical (unpaired) electrons. The van der Waals surface area contributed by atoms with E-state index in [-0.39, 0.29) is 5.56 Å². The Morgan fingerprint density at radius 1 is 0.967 bits per heavy atom. The second-order valence-electron chi connectivity index (χ2n) is 8.52. The van der Waals surface area contributed by atoms with Gasteiger partial charge < -0.3 is 9.47 Å². The molecule has 2 unspecified atom stereocenters. The first kappa shape index (κ1) is 18.9. The van der Waals surface area contributed by atoms with Gasteiger partial charge in [0.25, 0.3) is 5.56 Å². The van der Waals surface area contributed by atoms with Crippen LogP contribution in [0.25, 0.3) is 5.82 Å². The molecule has 2 aliphatic heterocycles. The maximum absolute atomic E-state index is 11.8. The lowest BCUT2D eigenvalue weighted by Crippen LogP contribution is -2.30. The van der Waals surface area contributed by atoms with E-state index in [0.717, 1.165) is 61.4 Å². The lowest BCUT2D eigenvalue weighted by molar-refractivity contribution is 0.304. The Balaban J connectivity index is 1.26. The summed E-state index contributed by atoms with van der Waals surface area (Å²) in [5.41, 5.74) is 2.89. The van der Waals surface area contributed by atoms with E-state index < -0.39 is 0 Å². The largest absolute Gasteiger partial charge is 0.356 e. The van der Waals surface area contributed by atoms with Gasteiger partial charge in [0.1, 0.15) is 12.1 Å². The van der Waals surface area contributed by atoms with Crippen LogP contribution in [0.1, 0.15) is 17.1 Å². The first-order valence-electron chi connectivity index (χ1n) is 10.3. The van der Waals surface area contributed by atoms with Crippen LogP contribution in [0.5, 0.6) is 0 Å². The number of aromatic nitrogens is 6. The molecule has 9 heteroatoms. The zero-order chi connectivity index (χ0) is 20.8. The van der Waals surface area contributed by atoms with Gasteiger partial charge in [-0.1, -0.05) is 0 Å². The monoisotopic (exact) mass is 406 g/mol. The molecule has 0 bridgehead atoms. The molecule has 5 rings (SSSR count). The Morgan fingerprint density at radius 3 is 2.37 bits per heavy atom. The standard InChI is InChI=1S/C21H26N8O/c1-14-4-15(2)29(25-14)20-6-19(22-12-23-20)28-9-16-7-27(8-17(16)10-28)11-18-5-21(30)26(3)13-24-18/h4-6,12-13,16-17H,7-11H2,1-3H3. The van der Waals surface area contributed by atoms with Crippen molar-refractivity contribution in [2.75, 3.05) is 31.1 Å². The number of anilines is 1. The van der Waals surface area contributed by atoms with Crippen LogP contribution in [0, 0.1) is 25.7 Å². The average molecular weight is 406 g/mol. The first-order chi connectivity index (χ1) is 14.5. The van der Waals surface area contributed by atoms with Gasteiger partial charge in [0, 0.05) is 57.6 Å². The third kappa shape index (κ3) is 3.49. The summed E-state index contributed by atoms with van der Waals surface area (Å²) in [5.74, 6) is 2.97. The van der Waals surface area contributed by atoms with Gasteiger partial charge in [-0.25, -0.2) is 19.6 Å². The van der Waals surface area contributed by atoms with Gasteiger partial charge in [-0.3, -0.25) is 9.69 Å². The summed E-state index contributed by atoms with van der Waals surface area (Å²) in [6.07, 6.45) is 3.23. The molecule has 0 aromatic carbocycles. The van der Waals surface area contributed by atoms with Crippen molar-refractivity contribution < 1.29 is 0 Å². The van der Waals surface area contributed by atoms with Gasteiger partial charge in [-0.05, 0) is 31.7 Å². The van der Waals surface area contributed by atoms with Crippen LogP contribution in [0.2, 0.25) is 0 Å². The number of hydrogen-bond acceptors (Lipinski definition) is 7. The van der Waals surface area contributed by atoms with Crippen LogP contribution in [0.4, 0.5) is 5.82 Å². The maximum Gasteiger partial charge on any atom is 0.253 e. The Kier molecular flexibility index (Phi) is 4.62. The first-order valence-corrected chi connectivity index (χ1v) is 10.3. The average Bonchev–Trinajstić information content (AvgIpc) is 3.37. The van der Waals surface area contributed by atoms with Gasteiger partial charge in [0.2, 0.25) is 0 Å². The lowest BCUT2D eigenvalue weighted by Gasteiger charge is -2.22. The molecule has 0 saturated carbocycles. The van der Waals surface area contributed by atoms with Gasteiger partial charge in [0.05, 0.1) is 17.7 Å². The van der Waals surface area contributed by atoms with Gasteiger partial charge in [-0.15, -0.1) is 0 Å². The van der Waals surface area contributed by atoms with Crippen molar-refractivity contribution in [2.45, 2.75) is 20.4 Å². The van der Waals surface area contributed by atoms with E-state index >= 15 is 0 Å². The molecule has 156 valence electrons. The predicted molar refractivity (Wildman–Crippen MR) is 113 cm³/mol. The van der Waals surface area contributed by atoms with Gasteiger partial charge in [0.15, 0.2) is 5.82 Å². The molecule has 0 amide bonds. The van der Waals surface area contributed by atoms with Crippen LogP contribution in [-0.4, -0.2) is 60.4 Å². The molecule has 3 aromatic rings. The Bertz CT molecular complexity index is 1120. The number of hydrogen-bond donors (Lipinski definition) is 0. The molecule has 5 heterocycles. The van der Waals surface area contributed by atoms with Crippen LogP contribution >= 0.6 is 0 Å². The fourth-order valence-electron chi connectivity index (χ4n) is 4.71. The summed E-state index contributed by atoms with van der Waals surface area (Å²) in [5, 5.41) is 4.54. The van der Waals surface area contributed by atoms with Crippen molar-refractivity contribution >= 4 is 5.82 Å². The van der Waals surface area contributed by atoms with Crippen LogP contribution in [0.3, 0.4) is 0 Å². The van der Waals surface area contributed by atoms with Crippen molar-refractivity contribution in [1.29, 1.82) is 0 Å². The highest BCUT2D eigenvalue weighted by atomic mass is 16.1. The van der Waals surface area contributed by atoms with Crippen molar-refractivity contribution in [3.8, 4) is 5.82 Å². The van der Waals surface area contributed by atoms with E-state index in [0.29, 0.717) is 11.8 Å². The van der Waals surface area contributed by atoms with E-state index in [1.165, 1.54) is 4.57 Å². The minimum absolute atomic E-state index is 0.00672. The quantitative estimate of drug-likeness (QED) is 0.637. The molecule has 2 atom stereocenters. The molecular formula is C21H26N8O. The Morgan fingerprint density at radius 2 is 1.70 bits per heavy atom. The number of fused-ring (bicyclic) bond motifs is 1. The van der Waals surface area contributed by atoms with Crippen LogP contribution < -0.4 is 10.5 Å². The Labute approximate surface area is 175 Å². The minimum Gasteiger partial charge on any atom is -0.356 e. The summed E-state index contributed by atoms with van der Waals surface area (Å²) in [6.45, 7) is 8.77. The fraction of sp³-hybridized carbons (Fsp3) is 0.476. The molecule has 9 nitrogen and oxygen atoms in total. The molecule has 2 saturated heterocycles. The molecule has 2 aliphatic rings. The third-order valence-electron chi connectivity index (χ3n) is 6.17. The topological polar surface area (TPSA) is 85.0 Å². The second kappa shape index (κ2) is 7.32. The highest BCUT2D eigenvalue weighted by Gasteiger charge is 2.40. The third-order valence-corrected chi connectivity index (χ3v) is 6.17. The van der Waals surface area contributed by atoms with E-state index in [1.54, 1.807) is 25.8 Å². The summed E-state index contributed by atoms with van der Waals surface area (Å²) in [7, 11) is 1.72. The normalized spacial score (nSPS) is 21.4. The maximum atomic E-state index is 11.8. The van der Waals surface area contributed by atoms with E-state index in [1.807, 2.05) is 30.7 Å². The zero-order valence-corrected chi connectivity index (χ0v) is 17.6. The van der Waals surface area contributed by atoms with Crippen molar-refractivity contribution in [3.63, 3.8) is 0 Å². The zero-order valence-electron chi connectivity index (χ0n) is 17.6. The number of nitrogens with zero attached hydrogens (tertiary/aromatic N) is 8. The predicted octanol–water partition coefficient (Wildman–Crippen LogP) is 0.941. The molecule has 0 spiro atoms. The lowest BCUT2D eigenvalue weighted by atomic mass is 10.0. The van der Waals surface area contributed by atoms with Gasteiger partial charge >= 0.3 is 0 Å². The highest BCUT2D eigenvalue weighted by molar-refractivity contribution is 5.45.